The molecule has 0 spiro atoms. The van der Waals surface area contributed by atoms with Crippen molar-refractivity contribution in [3.8, 4) is 0 Å². The summed E-state index contributed by atoms with van der Waals surface area (Å²) in [5.41, 5.74) is 2.63. The van der Waals surface area contributed by atoms with Crippen molar-refractivity contribution in [3.63, 3.8) is 0 Å². The Morgan fingerprint density at radius 3 is 2.14 bits per heavy atom. The van der Waals surface area contributed by atoms with E-state index in [-0.39, 0.29) is 0 Å². The van der Waals surface area contributed by atoms with Gasteiger partial charge < -0.3 is 0 Å². The number of nitrogens with one attached hydrogen (secondary N) is 1. The lowest BCUT2D eigenvalue weighted by atomic mass is 10.0. The largest absolute Gasteiger partial charge is 0.296 e. The molecule has 1 aliphatic heterocycles. The number of rotatable bonds is 5. The lowest BCUT2D eigenvalue weighted by Gasteiger charge is -2.33. The average Bonchev–Trinajstić information content (AvgIpc) is 2.48. The summed E-state index contributed by atoms with van der Waals surface area (Å²) in [6.07, 6.45) is 0. The lowest BCUT2D eigenvalue weighted by molar-refractivity contribution is 0.181. The minimum absolute atomic E-state index is 0.549. The van der Waals surface area contributed by atoms with Gasteiger partial charge in [0, 0.05) is 39.8 Å². The van der Waals surface area contributed by atoms with Crippen LogP contribution in [0, 0.1) is 0 Å². The number of nitrogens with zero attached hydrogens (tertiary/aromatic N) is 2. The Hall–Kier alpha value is -0.950. The maximum atomic E-state index is 11.7. The molecule has 2 rings (SSSR count). The first-order chi connectivity index (χ1) is 9.92. The Labute approximate surface area is 128 Å². The zero-order valence-electron chi connectivity index (χ0n) is 13.0. The molecule has 0 radical (unpaired) electrons. The van der Waals surface area contributed by atoms with E-state index in [0.29, 0.717) is 19.0 Å². The van der Waals surface area contributed by atoms with E-state index in [9.17, 15) is 8.42 Å². The Kier molecular flexibility index (Phi) is 5.37. The van der Waals surface area contributed by atoms with Gasteiger partial charge in [-0.1, -0.05) is 38.1 Å². The van der Waals surface area contributed by atoms with E-state index in [2.05, 4.69) is 47.7 Å². The molecule has 1 saturated heterocycles. The van der Waals surface area contributed by atoms with Gasteiger partial charge in [-0.05, 0) is 17.0 Å². The first kappa shape index (κ1) is 16.4. The van der Waals surface area contributed by atoms with Crippen molar-refractivity contribution < 1.29 is 8.42 Å². The van der Waals surface area contributed by atoms with Crippen LogP contribution in [0.25, 0.3) is 0 Å². The van der Waals surface area contributed by atoms with Crippen molar-refractivity contribution in [3.05, 3.63) is 35.4 Å². The molecule has 21 heavy (non-hydrogen) atoms. The second-order valence-electron chi connectivity index (χ2n) is 5.78. The SMILES string of the molecule is CNS(=O)(=O)N1CCN(Cc2ccc(C(C)C)cc2)CC1. The monoisotopic (exact) mass is 311 g/mol. The summed E-state index contributed by atoms with van der Waals surface area (Å²) < 4.78 is 27.3. The van der Waals surface area contributed by atoms with E-state index < -0.39 is 10.2 Å². The highest BCUT2D eigenvalue weighted by Crippen LogP contribution is 2.16. The first-order valence-corrected chi connectivity index (χ1v) is 8.86. The Morgan fingerprint density at radius 2 is 1.67 bits per heavy atom. The van der Waals surface area contributed by atoms with Crippen LogP contribution in [0.2, 0.25) is 0 Å². The molecule has 1 heterocycles. The molecule has 1 N–H and O–H groups in total. The maximum absolute atomic E-state index is 11.7. The maximum Gasteiger partial charge on any atom is 0.279 e. The van der Waals surface area contributed by atoms with Crippen molar-refractivity contribution in [2.75, 3.05) is 33.2 Å². The van der Waals surface area contributed by atoms with Crippen LogP contribution in [-0.2, 0) is 16.8 Å². The van der Waals surface area contributed by atoms with Crippen molar-refractivity contribution in [2.24, 2.45) is 0 Å². The first-order valence-electron chi connectivity index (χ1n) is 7.42. The minimum Gasteiger partial charge on any atom is -0.296 e. The standard InChI is InChI=1S/C15H25N3O2S/c1-13(2)15-6-4-14(5-7-15)12-17-8-10-18(11-9-17)21(19,20)16-3/h4-7,13,16H,8-12H2,1-3H3. The number of benzene rings is 1. The van der Waals surface area contributed by atoms with Crippen molar-refractivity contribution in [1.82, 2.24) is 13.9 Å². The number of hydrogen-bond acceptors (Lipinski definition) is 3. The van der Waals surface area contributed by atoms with Crippen LogP contribution >= 0.6 is 0 Å². The van der Waals surface area contributed by atoms with E-state index >= 15 is 0 Å². The molecule has 0 bridgehead atoms. The van der Waals surface area contributed by atoms with Gasteiger partial charge in [0.05, 0.1) is 0 Å². The van der Waals surface area contributed by atoms with Crippen molar-refractivity contribution in [1.29, 1.82) is 0 Å². The van der Waals surface area contributed by atoms with Gasteiger partial charge in [0.2, 0.25) is 0 Å². The highest BCUT2D eigenvalue weighted by atomic mass is 32.2. The van der Waals surface area contributed by atoms with Gasteiger partial charge in [-0.15, -0.1) is 0 Å². The van der Waals surface area contributed by atoms with Crippen LogP contribution in [0.5, 0.6) is 0 Å². The van der Waals surface area contributed by atoms with Crippen LogP contribution in [0.1, 0.15) is 30.9 Å². The molecule has 0 saturated carbocycles. The second-order valence-corrected chi connectivity index (χ2v) is 7.66. The molecule has 1 fully saturated rings. The van der Waals surface area contributed by atoms with Crippen LogP contribution in [0.15, 0.2) is 24.3 Å². The van der Waals surface area contributed by atoms with Gasteiger partial charge in [0.1, 0.15) is 0 Å². The summed E-state index contributed by atoms with van der Waals surface area (Å²) in [7, 11) is -1.82. The molecule has 118 valence electrons. The van der Waals surface area contributed by atoms with Gasteiger partial charge >= 0.3 is 0 Å². The summed E-state index contributed by atoms with van der Waals surface area (Å²) in [6, 6.07) is 8.71. The highest BCUT2D eigenvalue weighted by Gasteiger charge is 2.25. The number of piperazine rings is 1. The van der Waals surface area contributed by atoms with Gasteiger partial charge in [-0.3, -0.25) is 4.90 Å². The van der Waals surface area contributed by atoms with Crippen LogP contribution in [0.4, 0.5) is 0 Å². The second kappa shape index (κ2) is 6.87. The van der Waals surface area contributed by atoms with Crippen molar-refractivity contribution >= 4 is 10.2 Å². The van der Waals surface area contributed by atoms with E-state index in [1.54, 1.807) is 0 Å². The Bertz CT molecular complexity index is 547. The molecule has 5 nitrogen and oxygen atoms in total. The van der Waals surface area contributed by atoms with Crippen LogP contribution < -0.4 is 4.72 Å². The molecular weight excluding hydrogens is 286 g/mol. The predicted molar refractivity (Wildman–Crippen MR) is 85.4 cm³/mol. The lowest BCUT2D eigenvalue weighted by Crippen LogP contribution is -2.51. The fourth-order valence-electron chi connectivity index (χ4n) is 2.52. The van der Waals surface area contributed by atoms with E-state index in [0.717, 1.165) is 19.6 Å². The van der Waals surface area contributed by atoms with Gasteiger partial charge in [0.25, 0.3) is 10.2 Å². The summed E-state index contributed by atoms with van der Waals surface area (Å²) in [6.45, 7) is 7.90. The number of hydrogen-bond donors (Lipinski definition) is 1. The van der Waals surface area contributed by atoms with Crippen LogP contribution in [-0.4, -0.2) is 50.8 Å². The topological polar surface area (TPSA) is 52.7 Å². The smallest absolute Gasteiger partial charge is 0.279 e. The molecule has 6 heteroatoms. The molecule has 0 aromatic heterocycles. The average molecular weight is 311 g/mol. The van der Waals surface area contributed by atoms with Gasteiger partial charge in [-0.2, -0.15) is 12.7 Å². The van der Waals surface area contributed by atoms with E-state index in [1.807, 2.05) is 0 Å². The zero-order chi connectivity index (χ0) is 15.5. The molecule has 1 aromatic carbocycles. The van der Waals surface area contributed by atoms with E-state index in [1.165, 1.54) is 22.5 Å². The third-order valence-electron chi connectivity index (χ3n) is 3.98. The Morgan fingerprint density at radius 1 is 1.10 bits per heavy atom. The summed E-state index contributed by atoms with van der Waals surface area (Å²) in [5.74, 6) is 0.550. The molecule has 0 amide bonds. The van der Waals surface area contributed by atoms with Gasteiger partial charge in [-0.25, -0.2) is 4.72 Å². The normalized spacial score (nSPS) is 18.3. The quantitative estimate of drug-likeness (QED) is 0.894. The third kappa shape index (κ3) is 4.26. The highest BCUT2D eigenvalue weighted by molar-refractivity contribution is 7.87. The molecular formula is C15H25N3O2S. The summed E-state index contributed by atoms with van der Waals surface area (Å²) >= 11 is 0. The molecule has 1 aliphatic rings. The summed E-state index contributed by atoms with van der Waals surface area (Å²) in [4.78, 5) is 2.30. The molecule has 0 aliphatic carbocycles. The van der Waals surface area contributed by atoms with Crippen LogP contribution in [0.3, 0.4) is 0 Å². The summed E-state index contributed by atoms with van der Waals surface area (Å²) in [5, 5.41) is 0. The van der Waals surface area contributed by atoms with Crippen molar-refractivity contribution in [2.45, 2.75) is 26.3 Å². The van der Waals surface area contributed by atoms with Gasteiger partial charge in [0.15, 0.2) is 0 Å². The fraction of sp³-hybridized carbons (Fsp3) is 0.600. The Balaban J connectivity index is 1.89. The predicted octanol–water partition coefficient (Wildman–Crippen LogP) is 1.39. The zero-order valence-corrected chi connectivity index (χ0v) is 13.9. The molecule has 0 atom stereocenters. The molecule has 0 unspecified atom stereocenters. The third-order valence-corrected chi connectivity index (χ3v) is 5.54. The minimum atomic E-state index is -3.28. The fourth-order valence-corrected chi connectivity index (χ4v) is 3.43. The van der Waals surface area contributed by atoms with E-state index in [4.69, 9.17) is 0 Å². The molecule has 1 aromatic rings.